The summed E-state index contributed by atoms with van der Waals surface area (Å²) in [6, 6.07) is 5.25. The molecule has 17 heavy (non-hydrogen) atoms. The van der Waals surface area contributed by atoms with E-state index < -0.39 is 20.6 Å². The maximum absolute atomic E-state index is 11.9. The summed E-state index contributed by atoms with van der Waals surface area (Å²) in [4.78, 5) is 0.516. The largest absolute Gasteiger partial charge is 0.398 e. The zero-order valence-electron chi connectivity index (χ0n) is 9.97. The molecule has 0 aromatic heterocycles. The Kier molecular flexibility index (Phi) is 4.70. The van der Waals surface area contributed by atoms with Gasteiger partial charge in [-0.3, -0.25) is 4.21 Å². The molecule has 0 saturated heterocycles. The minimum Gasteiger partial charge on any atom is -0.398 e. The minimum atomic E-state index is -3.08. The van der Waals surface area contributed by atoms with E-state index in [0.717, 1.165) is 5.56 Å². The molecule has 1 aromatic rings. The summed E-state index contributed by atoms with van der Waals surface area (Å²) >= 11 is 0. The summed E-state index contributed by atoms with van der Waals surface area (Å²) in [7, 11) is -4.43. The van der Waals surface area contributed by atoms with E-state index >= 15 is 0 Å². The maximum atomic E-state index is 11.9. The van der Waals surface area contributed by atoms with Crippen LogP contribution >= 0.6 is 0 Å². The molecule has 1 atom stereocenters. The number of hydrogen-bond acceptors (Lipinski definition) is 4. The Hall–Kier alpha value is -0.880. The highest BCUT2D eigenvalue weighted by atomic mass is 32.2. The monoisotopic (exact) mass is 275 g/mol. The number of rotatable bonds is 5. The second-order valence-electron chi connectivity index (χ2n) is 3.83. The van der Waals surface area contributed by atoms with Gasteiger partial charge in [0, 0.05) is 17.2 Å². The molecule has 0 heterocycles. The fraction of sp³-hybridized carbons (Fsp3) is 0.455. The normalized spacial score (nSPS) is 13.5. The van der Waals surface area contributed by atoms with Gasteiger partial charge >= 0.3 is 0 Å². The predicted molar refractivity (Wildman–Crippen MR) is 71.2 cm³/mol. The van der Waals surface area contributed by atoms with Crippen LogP contribution in [-0.2, 0) is 20.6 Å². The van der Waals surface area contributed by atoms with Crippen molar-refractivity contribution in [3.05, 3.63) is 23.8 Å². The summed E-state index contributed by atoms with van der Waals surface area (Å²) in [6.45, 7) is 3.48. The first-order valence-electron chi connectivity index (χ1n) is 5.30. The van der Waals surface area contributed by atoms with E-state index in [1.807, 2.05) is 13.0 Å². The first-order chi connectivity index (χ1) is 7.85. The van der Waals surface area contributed by atoms with Gasteiger partial charge in [-0.25, -0.2) is 8.42 Å². The minimum absolute atomic E-state index is 0.0660. The molecule has 4 nitrogen and oxygen atoms in total. The number of sulfone groups is 1. The molecule has 0 radical (unpaired) electrons. The SMILES string of the molecule is CCS(=O)(=O)CCS(=O)c1ccc(C)cc1N. The average Bonchev–Trinajstić information content (AvgIpc) is 2.26. The van der Waals surface area contributed by atoms with Crippen LogP contribution < -0.4 is 5.73 Å². The molecule has 1 unspecified atom stereocenters. The van der Waals surface area contributed by atoms with Gasteiger partial charge in [-0.15, -0.1) is 0 Å². The van der Waals surface area contributed by atoms with E-state index in [9.17, 15) is 12.6 Å². The number of benzene rings is 1. The molecular weight excluding hydrogens is 258 g/mol. The average molecular weight is 275 g/mol. The van der Waals surface area contributed by atoms with Crippen LogP contribution in [0.1, 0.15) is 12.5 Å². The molecule has 0 aliphatic rings. The van der Waals surface area contributed by atoms with Gasteiger partial charge in [0.1, 0.15) is 0 Å². The van der Waals surface area contributed by atoms with Gasteiger partial charge < -0.3 is 5.73 Å². The lowest BCUT2D eigenvalue weighted by Crippen LogP contribution is -2.15. The van der Waals surface area contributed by atoms with E-state index in [2.05, 4.69) is 0 Å². The van der Waals surface area contributed by atoms with Gasteiger partial charge in [-0.05, 0) is 24.6 Å². The van der Waals surface area contributed by atoms with Gasteiger partial charge in [0.2, 0.25) is 0 Å². The quantitative estimate of drug-likeness (QED) is 0.817. The molecule has 0 saturated carbocycles. The van der Waals surface area contributed by atoms with Crippen LogP contribution in [-0.4, -0.2) is 29.9 Å². The number of anilines is 1. The Bertz CT molecular complexity index is 524. The number of nitrogen functional groups attached to an aromatic ring is 1. The third-order valence-electron chi connectivity index (χ3n) is 2.43. The number of hydrogen-bond donors (Lipinski definition) is 1. The second kappa shape index (κ2) is 5.64. The molecule has 0 aliphatic carbocycles. The predicted octanol–water partition coefficient (Wildman–Crippen LogP) is 1.12. The van der Waals surface area contributed by atoms with Crippen LogP contribution in [0.15, 0.2) is 23.1 Å². The van der Waals surface area contributed by atoms with Gasteiger partial charge in [-0.1, -0.05) is 13.0 Å². The zero-order chi connectivity index (χ0) is 13.1. The molecule has 1 rings (SSSR count). The summed E-state index contributed by atoms with van der Waals surface area (Å²) in [5, 5.41) is 0. The van der Waals surface area contributed by atoms with E-state index in [1.54, 1.807) is 19.1 Å². The van der Waals surface area contributed by atoms with Crippen molar-refractivity contribution in [1.29, 1.82) is 0 Å². The van der Waals surface area contributed by atoms with Crippen LogP contribution in [0, 0.1) is 6.92 Å². The second-order valence-corrected chi connectivity index (χ2v) is 7.84. The van der Waals surface area contributed by atoms with Gasteiger partial charge in [0.05, 0.1) is 21.4 Å². The fourth-order valence-corrected chi connectivity index (χ4v) is 4.00. The van der Waals surface area contributed by atoms with Crippen molar-refractivity contribution < 1.29 is 12.6 Å². The van der Waals surface area contributed by atoms with E-state index in [1.165, 1.54) is 0 Å². The van der Waals surface area contributed by atoms with Gasteiger partial charge in [-0.2, -0.15) is 0 Å². The van der Waals surface area contributed by atoms with Crippen LogP contribution in [0.3, 0.4) is 0 Å². The Morgan fingerprint density at radius 1 is 1.35 bits per heavy atom. The lowest BCUT2D eigenvalue weighted by atomic mass is 10.2. The Balaban J connectivity index is 2.78. The van der Waals surface area contributed by atoms with Crippen molar-refractivity contribution >= 4 is 26.3 Å². The summed E-state index contributed by atoms with van der Waals surface area (Å²) in [6.07, 6.45) is 0. The Labute approximate surface area is 105 Å². The van der Waals surface area contributed by atoms with Crippen molar-refractivity contribution in [1.82, 2.24) is 0 Å². The zero-order valence-corrected chi connectivity index (χ0v) is 11.6. The summed E-state index contributed by atoms with van der Waals surface area (Å²) in [5.41, 5.74) is 7.20. The first-order valence-corrected chi connectivity index (χ1v) is 8.44. The third-order valence-corrected chi connectivity index (χ3v) is 5.83. The third kappa shape index (κ3) is 4.12. The summed E-state index contributed by atoms with van der Waals surface area (Å²) < 4.78 is 34.5. The maximum Gasteiger partial charge on any atom is 0.150 e. The van der Waals surface area contributed by atoms with E-state index in [4.69, 9.17) is 5.73 Å². The van der Waals surface area contributed by atoms with Crippen LogP contribution in [0.2, 0.25) is 0 Å². The molecule has 96 valence electrons. The molecule has 0 bridgehead atoms. The van der Waals surface area contributed by atoms with Crippen molar-refractivity contribution in [3.8, 4) is 0 Å². The Morgan fingerprint density at radius 3 is 2.53 bits per heavy atom. The molecule has 2 N–H and O–H groups in total. The highest BCUT2D eigenvalue weighted by Crippen LogP contribution is 2.18. The van der Waals surface area contributed by atoms with Crippen molar-refractivity contribution in [3.63, 3.8) is 0 Å². The lowest BCUT2D eigenvalue weighted by Gasteiger charge is -2.06. The lowest BCUT2D eigenvalue weighted by molar-refractivity contribution is 0.598. The van der Waals surface area contributed by atoms with Crippen molar-refractivity contribution in [2.24, 2.45) is 0 Å². The summed E-state index contributed by atoms with van der Waals surface area (Å²) in [5.74, 6) is 0.112. The first kappa shape index (κ1) is 14.2. The Morgan fingerprint density at radius 2 is 2.00 bits per heavy atom. The highest BCUT2D eigenvalue weighted by molar-refractivity contribution is 7.93. The van der Waals surface area contributed by atoms with E-state index in [0.29, 0.717) is 10.6 Å². The number of aryl methyl sites for hydroxylation is 1. The highest BCUT2D eigenvalue weighted by Gasteiger charge is 2.13. The van der Waals surface area contributed by atoms with Crippen molar-refractivity contribution in [2.45, 2.75) is 18.7 Å². The molecular formula is C11H17NO3S2. The number of nitrogens with two attached hydrogens (primary N) is 1. The molecule has 0 amide bonds. The fourth-order valence-electron chi connectivity index (χ4n) is 1.33. The van der Waals surface area contributed by atoms with Gasteiger partial charge in [0.15, 0.2) is 9.84 Å². The molecule has 6 heteroatoms. The molecule has 1 aromatic carbocycles. The standard InChI is InChI=1S/C11H17NO3S2/c1-3-17(14,15)7-6-16(13)11-5-4-9(2)8-10(11)12/h4-5,8H,3,6-7,12H2,1-2H3. The van der Waals surface area contributed by atoms with Crippen LogP contribution in [0.5, 0.6) is 0 Å². The molecule has 0 spiro atoms. The van der Waals surface area contributed by atoms with E-state index in [-0.39, 0.29) is 17.3 Å². The molecule has 0 fully saturated rings. The van der Waals surface area contributed by atoms with Crippen LogP contribution in [0.25, 0.3) is 0 Å². The van der Waals surface area contributed by atoms with Gasteiger partial charge in [0.25, 0.3) is 0 Å². The molecule has 0 aliphatic heterocycles. The smallest absolute Gasteiger partial charge is 0.150 e. The van der Waals surface area contributed by atoms with Crippen molar-refractivity contribution in [2.75, 3.05) is 23.0 Å². The van der Waals surface area contributed by atoms with Crippen LogP contribution in [0.4, 0.5) is 5.69 Å². The topological polar surface area (TPSA) is 77.2 Å².